The van der Waals surface area contributed by atoms with Crippen molar-refractivity contribution in [2.45, 2.75) is 39.2 Å². The Kier molecular flexibility index (Phi) is 11.6. The highest BCUT2D eigenvalue weighted by atomic mass is 16.5. The second kappa shape index (κ2) is 16.2. The van der Waals surface area contributed by atoms with Crippen molar-refractivity contribution in [3.05, 3.63) is 101 Å². The zero-order chi connectivity index (χ0) is 33.2. The summed E-state index contributed by atoms with van der Waals surface area (Å²) in [4.78, 5) is 43.5. The van der Waals surface area contributed by atoms with Gasteiger partial charge in [-0.1, -0.05) is 42.5 Å². The maximum atomic E-state index is 13.4. The van der Waals surface area contributed by atoms with E-state index in [1.165, 1.54) is 0 Å². The van der Waals surface area contributed by atoms with Crippen LogP contribution < -0.4 is 15.4 Å². The van der Waals surface area contributed by atoms with Gasteiger partial charge in [-0.25, -0.2) is 0 Å². The largest absolute Gasteiger partial charge is 0.491 e. The van der Waals surface area contributed by atoms with Gasteiger partial charge >= 0.3 is 0 Å². The summed E-state index contributed by atoms with van der Waals surface area (Å²) < 4.78 is 11.5. The Balaban J connectivity index is 1.18. The highest BCUT2D eigenvalue weighted by molar-refractivity contribution is 6.11. The molecule has 5 rings (SSSR count). The van der Waals surface area contributed by atoms with Crippen molar-refractivity contribution in [1.29, 1.82) is 0 Å². The molecule has 246 valence electrons. The molecule has 1 saturated heterocycles. The number of fused-ring (bicyclic) bond motifs is 1. The van der Waals surface area contributed by atoms with Crippen LogP contribution >= 0.6 is 0 Å². The maximum absolute atomic E-state index is 13.4. The number of anilines is 2. The number of rotatable bonds is 13. The molecule has 0 atom stereocenters. The van der Waals surface area contributed by atoms with Crippen LogP contribution in [0.2, 0.25) is 0 Å². The number of amides is 3. The van der Waals surface area contributed by atoms with Gasteiger partial charge in [-0.15, -0.1) is 0 Å². The summed E-state index contributed by atoms with van der Waals surface area (Å²) in [5, 5.41) is 7.98. The first-order chi connectivity index (χ1) is 22.8. The molecule has 4 aromatic carbocycles. The number of aryl methyl sites for hydroxylation is 1. The number of benzene rings is 4. The van der Waals surface area contributed by atoms with Crippen LogP contribution in [0.4, 0.5) is 11.4 Å². The normalized spacial score (nSPS) is 13.4. The van der Waals surface area contributed by atoms with Gasteiger partial charge in [0.2, 0.25) is 5.91 Å². The third-order valence-electron chi connectivity index (χ3n) is 8.48. The van der Waals surface area contributed by atoms with Gasteiger partial charge in [0.25, 0.3) is 11.8 Å². The molecule has 1 aliphatic heterocycles. The number of hydrogen-bond donors (Lipinski definition) is 2. The summed E-state index contributed by atoms with van der Waals surface area (Å²) in [6.45, 7) is 6.09. The Morgan fingerprint density at radius 1 is 0.787 bits per heavy atom. The van der Waals surface area contributed by atoms with E-state index in [0.29, 0.717) is 46.8 Å². The van der Waals surface area contributed by atoms with Crippen LogP contribution in [0.3, 0.4) is 0 Å². The van der Waals surface area contributed by atoms with Crippen molar-refractivity contribution in [3.8, 4) is 5.75 Å². The highest BCUT2D eigenvalue weighted by Crippen LogP contribution is 2.28. The zero-order valence-electron chi connectivity index (χ0n) is 27.5. The van der Waals surface area contributed by atoms with Gasteiger partial charge in [-0.2, -0.15) is 0 Å². The fraction of sp³-hybridized carbons (Fsp3) is 0.342. The molecular weight excluding hydrogens is 592 g/mol. The second-order valence-corrected chi connectivity index (χ2v) is 12.1. The van der Waals surface area contributed by atoms with E-state index in [2.05, 4.69) is 22.6 Å². The summed E-state index contributed by atoms with van der Waals surface area (Å²) >= 11 is 0. The number of nitrogens with one attached hydrogen (secondary N) is 2. The fourth-order valence-corrected chi connectivity index (χ4v) is 5.75. The number of carbonyl (C=O) groups excluding carboxylic acids is 3. The molecule has 0 saturated carbocycles. The lowest BCUT2D eigenvalue weighted by Crippen LogP contribution is -2.47. The average Bonchev–Trinajstić information content (AvgIpc) is 3.07. The molecule has 1 aliphatic rings. The van der Waals surface area contributed by atoms with Gasteiger partial charge in [0, 0.05) is 61.9 Å². The Labute approximate surface area is 276 Å². The van der Waals surface area contributed by atoms with Crippen molar-refractivity contribution in [2.75, 3.05) is 57.6 Å². The first-order valence-corrected chi connectivity index (χ1v) is 16.2. The average molecular weight is 637 g/mol. The predicted molar refractivity (Wildman–Crippen MR) is 186 cm³/mol. The van der Waals surface area contributed by atoms with Gasteiger partial charge in [0.1, 0.15) is 5.75 Å². The third kappa shape index (κ3) is 8.96. The molecular formula is C38H44N4O5. The zero-order valence-corrected chi connectivity index (χ0v) is 27.5. The fourth-order valence-electron chi connectivity index (χ4n) is 5.75. The minimum absolute atomic E-state index is 0.166. The molecule has 0 bridgehead atoms. The predicted octanol–water partition coefficient (Wildman–Crippen LogP) is 6.51. The lowest BCUT2D eigenvalue weighted by atomic mass is 10.0. The number of hydrogen-bond acceptors (Lipinski definition) is 6. The van der Waals surface area contributed by atoms with Gasteiger partial charge in [-0.3, -0.25) is 14.4 Å². The topological polar surface area (TPSA) is 100 Å². The number of methoxy groups -OCH3 is 1. The van der Waals surface area contributed by atoms with E-state index in [-0.39, 0.29) is 24.3 Å². The molecule has 9 nitrogen and oxygen atoms in total. The lowest BCUT2D eigenvalue weighted by molar-refractivity contribution is -0.132. The molecule has 0 unspecified atom stereocenters. The molecule has 0 spiro atoms. The lowest BCUT2D eigenvalue weighted by Gasteiger charge is -2.32. The van der Waals surface area contributed by atoms with Crippen LogP contribution in [0.1, 0.15) is 57.5 Å². The Morgan fingerprint density at radius 3 is 2.36 bits per heavy atom. The first kappa shape index (κ1) is 33.6. The molecule has 2 N–H and O–H groups in total. The number of ether oxygens (including phenoxy) is 2. The molecule has 0 aromatic heterocycles. The Hall–Kier alpha value is -4.73. The SMILES string of the molecule is COCc1cc(C(=O)Nc2ccc(C)cc2OCCCCCC(=O)N2CCN(C)CC2)ccc1C(=O)Nc1cccc2ccccc12. The van der Waals surface area contributed by atoms with E-state index in [0.717, 1.165) is 61.8 Å². The number of unbranched alkanes of at least 4 members (excludes halogenated alkanes) is 2. The van der Waals surface area contributed by atoms with E-state index in [1.54, 1.807) is 25.3 Å². The molecule has 1 fully saturated rings. The number of carbonyl (C=O) groups is 3. The van der Waals surface area contributed by atoms with E-state index < -0.39 is 0 Å². The minimum atomic E-state index is -0.320. The summed E-state index contributed by atoms with van der Waals surface area (Å²) in [6, 6.07) is 24.3. The van der Waals surface area contributed by atoms with Crippen molar-refractivity contribution >= 4 is 39.9 Å². The standard InChI is InChI=1S/C38H44N4O5/c1-27-15-18-34(35(24-27)47-23-8-4-5-14-36(43)42-21-19-41(2)20-22-42)40-37(44)29-16-17-32(30(25-29)26-46-3)38(45)39-33-13-9-11-28-10-6-7-12-31(28)33/h6-7,9-13,15-18,24-25H,4-5,8,14,19-23,26H2,1-3H3,(H,39,45)(H,40,44). The van der Waals surface area contributed by atoms with Gasteiger partial charge in [0.05, 0.1) is 18.9 Å². The summed E-state index contributed by atoms with van der Waals surface area (Å²) in [7, 11) is 3.64. The molecule has 47 heavy (non-hydrogen) atoms. The summed E-state index contributed by atoms with van der Waals surface area (Å²) in [6.07, 6.45) is 3.07. The van der Waals surface area contributed by atoms with Gasteiger partial charge in [-0.05, 0) is 86.1 Å². The molecule has 0 radical (unpaired) electrons. The smallest absolute Gasteiger partial charge is 0.256 e. The second-order valence-electron chi connectivity index (χ2n) is 12.1. The summed E-state index contributed by atoms with van der Waals surface area (Å²) in [5.41, 5.74) is 3.72. The van der Waals surface area contributed by atoms with Gasteiger partial charge < -0.3 is 29.9 Å². The quantitative estimate of drug-likeness (QED) is 0.162. The Bertz CT molecular complexity index is 1710. The van der Waals surface area contributed by atoms with E-state index >= 15 is 0 Å². The van der Waals surface area contributed by atoms with Crippen molar-refractivity contribution < 1.29 is 23.9 Å². The minimum Gasteiger partial charge on any atom is -0.491 e. The maximum Gasteiger partial charge on any atom is 0.256 e. The molecule has 4 aromatic rings. The third-order valence-corrected chi connectivity index (χ3v) is 8.48. The van der Waals surface area contributed by atoms with Crippen molar-refractivity contribution in [3.63, 3.8) is 0 Å². The van der Waals surface area contributed by atoms with Crippen LogP contribution in [0.25, 0.3) is 10.8 Å². The van der Waals surface area contributed by atoms with Gasteiger partial charge in [0.15, 0.2) is 0 Å². The molecule has 1 heterocycles. The number of piperazine rings is 1. The molecule has 3 amide bonds. The van der Waals surface area contributed by atoms with Crippen molar-refractivity contribution in [2.24, 2.45) is 0 Å². The number of nitrogens with zero attached hydrogens (tertiary/aromatic N) is 2. The molecule has 0 aliphatic carbocycles. The van der Waals surface area contributed by atoms with Crippen LogP contribution in [0.5, 0.6) is 5.75 Å². The Morgan fingerprint density at radius 2 is 1.55 bits per heavy atom. The monoisotopic (exact) mass is 636 g/mol. The van der Waals surface area contributed by atoms with Crippen LogP contribution in [-0.4, -0.2) is 74.5 Å². The number of likely N-dealkylation sites (N-methyl/N-ethyl adjacent to an activating group) is 1. The van der Waals surface area contributed by atoms with E-state index in [1.807, 2.05) is 72.5 Å². The highest BCUT2D eigenvalue weighted by Gasteiger charge is 2.19. The van der Waals surface area contributed by atoms with Crippen LogP contribution in [0, 0.1) is 6.92 Å². The van der Waals surface area contributed by atoms with Crippen molar-refractivity contribution in [1.82, 2.24) is 9.80 Å². The summed E-state index contributed by atoms with van der Waals surface area (Å²) in [5.74, 6) is 0.225. The van der Waals surface area contributed by atoms with E-state index in [9.17, 15) is 14.4 Å². The molecule has 9 heteroatoms. The van der Waals surface area contributed by atoms with E-state index in [4.69, 9.17) is 9.47 Å². The first-order valence-electron chi connectivity index (χ1n) is 16.2. The van der Waals surface area contributed by atoms with Crippen LogP contribution in [0.15, 0.2) is 78.9 Å². The van der Waals surface area contributed by atoms with Crippen LogP contribution in [-0.2, 0) is 16.1 Å².